The van der Waals surface area contributed by atoms with Gasteiger partial charge in [-0.15, -0.1) is 0 Å². The van der Waals surface area contributed by atoms with E-state index in [9.17, 15) is 5.11 Å². The summed E-state index contributed by atoms with van der Waals surface area (Å²) in [6, 6.07) is 18.7. The minimum atomic E-state index is -0.00538. The van der Waals surface area contributed by atoms with E-state index in [2.05, 4.69) is 27.7 Å². The lowest BCUT2D eigenvalue weighted by atomic mass is 9.93. The standard InChI is InChI=1S/C26H23Cl3N4O/c27-21-5-2-1-4-18(21)19-8-15(13-32-14-16-10-17(32)11-30-16)9-24-20(19)12-31-26(34)33(24)25-22(28)6-3-7-23(25)29/h1-9,16-17,30H,10-14H2,(H,31,34)/p+1. The van der Waals surface area contributed by atoms with Gasteiger partial charge in [0.25, 0.3) is 0 Å². The molecule has 0 radical (unpaired) electrons. The Hall–Kier alpha value is -2.28. The zero-order valence-electron chi connectivity index (χ0n) is 18.4. The molecule has 6 rings (SSSR count). The number of amidine groups is 1. The molecule has 3 aromatic rings. The highest BCUT2D eigenvalue weighted by Gasteiger charge is 2.38. The van der Waals surface area contributed by atoms with Crippen LogP contribution in [0.25, 0.3) is 11.1 Å². The summed E-state index contributed by atoms with van der Waals surface area (Å²) in [5.41, 5.74) is 5.57. The molecule has 3 aromatic carbocycles. The molecule has 0 aliphatic carbocycles. The fourth-order valence-electron chi connectivity index (χ4n) is 5.48. The third-order valence-corrected chi connectivity index (χ3v) is 7.98. The molecule has 3 N–H and O–H groups in total. The van der Waals surface area contributed by atoms with Crippen molar-refractivity contribution in [2.24, 2.45) is 0 Å². The number of hydrogen-bond acceptors (Lipinski definition) is 3. The van der Waals surface area contributed by atoms with Crippen LogP contribution >= 0.6 is 34.8 Å². The first-order chi connectivity index (χ1) is 16.5. The van der Waals surface area contributed by atoms with Gasteiger partial charge in [0.1, 0.15) is 12.2 Å². The second kappa shape index (κ2) is 8.74. The van der Waals surface area contributed by atoms with Gasteiger partial charge in [-0.05, 0) is 47.9 Å². The average Bonchev–Trinajstić information content (AvgIpc) is 3.44. The third kappa shape index (κ3) is 3.76. The Morgan fingerprint density at radius 3 is 2.44 bits per heavy atom. The fraction of sp³-hybridized carbons (Fsp3) is 0.269. The molecule has 34 heavy (non-hydrogen) atoms. The first kappa shape index (κ1) is 22.2. The second-order valence-electron chi connectivity index (χ2n) is 9.13. The maximum atomic E-state index is 11.0. The molecule has 0 aromatic heterocycles. The van der Waals surface area contributed by atoms with Crippen molar-refractivity contribution in [2.45, 2.75) is 31.6 Å². The van der Waals surface area contributed by atoms with Crippen molar-refractivity contribution < 1.29 is 5.11 Å². The highest BCUT2D eigenvalue weighted by Crippen LogP contribution is 2.42. The van der Waals surface area contributed by atoms with Crippen molar-refractivity contribution in [3.05, 3.63) is 80.8 Å². The molecule has 0 spiro atoms. The van der Waals surface area contributed by atoms with E-state index in [1.165, 1.54) is 6.42 Å². The van der Waals surface area contributed by atoms with E-state index in [-0.39, 0.29) is 6.02 Å². The first-order valence-corrected chi connectivity index (χ1v) is 12.5. The highest BCUT2D eigenvalue weighted by atomic mass is 35.5. The predicted octanol–water partition coefficient (Wildman–Crippen LogP) is 5.71. The second-order valence-corrected chi connectivity index (χ2v) is 10.3. The van der Waals surface area contributed by atoms with Gasteiger partial charge >= 0.3 is 6.02 Å². The van der Waals surface area contributed by atoms with Crippen molar-refractivity contribution in [3.63, 3.8) is 0 Å². The van der Waals surface area contributed by atoms with E-state index < -0.39 is 0 Å². The Labute approximate surface area is 213 Å². The lowest BCUT2D eigenvalue weighted by Gasteiger charge is -2.28. The van der Waals surface area contributed by atoms with Crippen molar-refractivity contribution >= 4 is 52.2 Å². The van der Waals surface area contributed by atoms with Gasteiger partial charge in [-0.1, -0.05) is 59.1 Å². The Morgan fingerprint density at radius 2 is 1.74 bits per heavy atom. The number of hydrogen-bond donors (Lipinski definition) is 3. The summed E-state index contributed by atoms with van der Waals surface area (Å²) in [4.78, 5) is 2.54. The molecule has 2 saturated heterocycles. The van der Waals surface area contributed by atoms with E-state index in [1.54, 1.807) is 22.8 Å². The SMILES string of the molecule is OC1=[N+](c2c(Cl)cccc2Cl)c2cc(CN3CC4CC3CN4)cc(-c3ccccc3Cl)c2CN1. The Kier molecular flexibility index (Phi) is 5.71. The number of benzene rings is 3. The number of halogens is 3. The van der Waals surface area contributed by atoms with Crippen molar-refractivity contribution in [2.75, 3.05) is 13.1 Å². The van der Waals surface area contributed by atoms with Crippen LogP contribution in [0.1, 0.15) is 17.5 Å². The summed E-state index contributed by atoms with van der Waals surface area (Å²) < 4.78 is 1.71. The van der Waals surface area contributed by atoms with Crippen LogP contribution in [0.15, 0.2) is 54.6 Å². The molecule has 5 nitrogen and oxygen atoms in total. The average molecular weight is 515 g/mol. The van der Waals surface area contributed by atoms with Gasteiger partial charge in [0, 0.05) is 47.9 Å². The van der Waals surface area contributed by atoms with Crippen LogP contribution in [0, 0.1) is 0 Å². The number of nitrogens with one attached hydrogen (secondary N) is 2. The zero-order chi connectivity index (χ0) is 23.4. The summed E-state index contributed by atoms with van der Waals surface area (Å²) in [6.45, 7) is 3.36. The number of rotatable bonds is 4. The van der Waals surface area contributed by atoms with Crippen molar-refractivity contribution in [1.29, 1.82) is 0 Å². The number of fused-ring (bicyclic) bond motifs is 3. The van der Waals surface area contributed by atoms with E-state index in [1.807, 2.05) is 24.3 Å². The summed E-state index contributed by atoms with van der Waals surface area (Å²) >= 11 is 19.8. The number of aliphatic hydroxyl groups is 1. The van der Waals surface area contributed by atoms with Crippen LogP contribution in [0.2, 0.25) is 15.1 Å². The quantitative estimate of drug-likeness (QED) is 0.390. The van der Waals surface area contributed by atoms with Crippen molar-refractivity contribution in [1.82, 2.24) is 20.1 Å². The van der Waals surface area contributed by atoms with Gasteiger partial charge in [0.05, 0.1) is 10.0 Å². The first-order valence-electron chi connectivity index (χ1n) is 11.4. The zero-order valence-corrected chi connectivity index (χ0v) is 20.6. The Morgan fingerprint density at radius 1 is 0.971 bits per heavy atom. The number of aliphatic hydroxyl groups excluding tert-OH is 1. The normalized spacial score (nSPS) is 21.6. The van der Waals surface area contributed by atoms with Gasteiger partial charge in [0.2, 0.25) is 0 Å². The summed E-state index contributed by atoms with van der Waals surface area (Å²) in [5, 5.41) is 19.2. The Balaban J connectivity index is 1.54. The minimum Gasteiger partial charge on any atom is -0.446 e. The molecule has 2 bridgehead atoms. The molecular weight excluding hydrogens is 491 g/mol. The fourth-order valence-corrected chi connectivity index (χ4v) is 6.28. The smallest absolute Gasteiger partial charge is 0.446 e. The molecule has 174 valence electrons. The minimum absolute atomic E-state index is 0.00538. The maximum absolute atomic E-state index is 11.0. The van der Waals surface area contributed by atoms with Crippen LogP contribution < -0.4 is 15.2 Å². The topological polar surface area (TPSA) is 50.5 Å². The Bertz CT molecular complexity index is 1310. The number of para-hydroxylation sites is 1. The molecule has 3 heterocycles. The lowest BCUT2D eigenvalue weighted by molar-refractivity contribution is 0.218. The van der Waals surface area contributed by atoms with Gasteiger partial charge in [-0.2, -0.15) is 4.58 Å². The molecule has 3 aliphatic rings. The molecule has 3 aliphatic heterocycles. The van der Waals surface area contributed by atoms with Gasteiger partial charge in [-0.25, -0.2) is 5.32 Å². The van der Waals surface area contributed by atoms with Crippen LogP contribution in [-0.2, 0) is 13.1 Å². The van der Waals surface area contributed by atoms with Gasteiger partial charge in [-0.3, -0.25) is 4.90 Å². The van der Waals surface area contributed by atoms with Crippen molar-refractivity contribution in [3.8, 4) is 11.1 Å². The van der Waals surface area contributed by atoms with Gasteiger partial charge in [0.15, 0.2) is 5.69 Å². The van der Waals surface area contributed by atoms with E-state index in [4.69, 9.17) is 34.8 Å². The third-order valence-electron chi connectivity index (χ3n) is 7.04. The van der Waals surface area contributed by atoms with Crippen LogP contribution in [0.3, 0.4) is 0 Å². The highest BCUT2D eigenvalue weighted by molar-refractivity contribution is 6.39. The van der Waals surface area contributed by atoms with Gasteiger partial charge < -0.3 is 10.4 Å². The summed E-state index contributed by atoms with van der Waals surface area (Å²) in [5.74, 6) is 0. The lowest BCUT2D eigenvalue weighted by Crippen LogP contribution is -2.43. The van der Waals surface area contributed by atoms with Crippen LogP contribution in [0.5, 0.6) is 0 Å². The molecule has 0 saturated carbocycles. The van der Waals surface area contributed by atoms with E-state index in [0.29, 0.717) is 39.4 Å². The van der Waals surface area contributed by atoms with E-state index >= 15 is 0 Å². The van der Waals surface area contributed by atoms with Crippen LogP contribution in [-0.4, -0.2) is 41.2 Å². The largest absolute Gasteiger partial charge is 0.452 e. The predicted molar refractivity (Wildman–Crippen MR) is 140 cm³/mol. The number of nitrogens with zero attached hydrogens (tertiary/aromatic N) is 2. The number of piperazine rings is 1. The molecule has 2 atom stereocenters. The van der Waals surface area contributed by atoms with E-state index in [0.717, 1.165) is 47.6 Å². The molecule has 8 heteroatoms. The summed E-state index contributed by atoms with van der Waals surface area (Å²) in [7, 11) is 0. The molecule has 2 fully saturated rings. The van der Waals surface area contributed by atoms with Crippen LogP contribution in [0.4, 0.5) is 11.4 Å². The molecule has 2 unspecified atom stereocenters. The summed E-state index contributed by atoms with van der Waals surface area (Å²) in [6.07, 6.45) is 1.20. The monoisotopic (exact) mass is 513 g/mol. The molecule has 0 amide bonds. The number of likely N-dealkylation sites (tertiary alicyclic amines) is 1. The maximum Gasteiger partial charge on any atom is 0.452 e. The molecular formula is C26H24Cl3N4O+.